The highest BCUT2D eigenvalue weighted by molar-refractivity contribution is 7.15. The summed E-state index contributed by atoms with van der Waals surface area (Å²) < 4.78 is 7.30. The number of nitrogen functional groups attached to an aromatic ring is 1. The number of piperidine rings is 1. The van der Waals surface area contributed by atoms with Crippen LogP contribution in [0.15, 0.2) is 43.0 Å². The first-order chi connectivity index (χ1) is 23.6. The van der Waals surface area contributed by atoms with E-state index in [4.69, 9.17) is 20.9 Å². The fourth-order valence-corrected chi connectivity index (χ4v) is 8.02. The van der Waals surface area contributed by atoms with Crippen LogP contribution >= 0.6 is 11.3 Å². The number of nitrogens with zero attached hydrogens (tertiary/aromatic N) is 9. The van der Waals surface area contributed by atoms with Crippen LogP contribution in [-0.4, -0.2) is 102 Å². The minimum absolute atomic E-state index is 0.00948. The van der Waals surface area contributed by atoms with E-state index >= 15 is 0 Å². The van der Waals surface area contributed by atoms with Crippen LogP contribution < -0.4 is 15.4 Å². The third kappa shape index (κ3) is 6.64. The van der Waals surface area contributed by atoms with E-state index in [-0.39, 0.29) is 23.6 Å². The number of hydrogen-bond acceptors (Lipinski definition) is 12. The number of amides is 2. The van der Waals surface area contributed by atoms with Crippen LogP contribution in [0.3, 0.4) is 0 Å². The van der Waals surface area contributed by atoms with Gasteiger partial charge in [0, 0.05) is 63.2 Å². The Balaban J connectivity index is 0.939. The Bertz CT molecular complexity index is 1860. The van der Waals surface area contributed by atoms with Gasteiger partial charge in [-0.05, 0) is 64.3 Å². The van der Waals surface area contributed by atoms with E-state index in [1.807, 2.05) is 32.0 Å². The number of aryl methyl sites for hydroxylation is 1. The largest absolute Gasteiger partial charge is 0.475 e. The van der Waals surface area contributed by atoms with Gasteiger partial charge in [-0.1, -0.05) is 0 Å². The second-order valence-electron chi connectivity index (χ2n) is 13.4. The molecule has 14 nitrogen and oxygen atoms in total. The minimum Gasteiger partial charge on any atom is -0.475 e. The maximum Gasteiger partial charge on any atom is 0.236 e. The van der Waals surface area contributed by atoms with Gasteiger partial charge in [-0.25, -0.2) is 19.9 Å². The highest BCUT2D eigenvalue weighted by Crippen LogP contribution is 2.42. The Kier molecular flexibility index (Phi) is 8.88. The van der Waals surface area contributed by atoms with Gasteiger partial charge in [-0.2, -0.15) is 5.10 Å². The molecular weight excluding hydrogens is 643 g/mol. The number of carbonyl (C=O) groups is 2. The highest BCUT2D eigenvalue weighted by atomic mass is 32.1. The van der Waals surface area contributed by atoms with E-state index in [0.29, 0.717) is 92.5 Å². The second-order valence-corrected chi connectivity index (χ2v) is 14.5. The summed E-state index contributed by atoms with van der Waals surface area (Å²) >= 11 is 1.63. The lowest BCUT2D eigenvalue weighted by Crippen LogP contribution is -2.44. The van der Waals surface area contributed by atoms with Crippen molar-refractivity contribution in [2.24, 2.45) is 12.5 Å². The highest BCUT2D eigenvalue weighted by Gasteiger charge is 2.51. The number of ether oxygens (including phenoxy) is 1. The molecule has 3 aliphatic rings. The van der Waals surface area contributed by atoms with Gasteiger partial charge in [-0.3, -0.25) is 29.5 Å². The molecule has 0 aliphatic carbocycles. The standard InChI is InChI=1S/C34H41N11O3S/c1-21(2)48-27-7-4-23(16-37-27)29(36)30-24(35)5-6-26(40-30)45-15-11-34(33(45)47)10-14-43(19-34)18-28(46)44-12-8-22(9-13-44)32-38-17-25(49-32)31-39-20-42(3)41-31/h4-7,16-17,20-22,36H,8-15,18-19,35H2,1-3H3/t34-/m0/s1. The lowest BCUT2D eigenvalue weighted by atomic mass is 9.85. The number of thiazole rings is 1. The van der Waals surface area contributed by atoms with E-state index in [2.05, 4.69) is 25.0 Å². The number of anilines is 2. The first-order valence-corrected chi connectivity index (χ1v) is 17.5. The first kappa shape index (κ1) is 32.8. The number of nitrogens with one attached hydrogen (secondary N) is 1. The van der Waals surface area contributed by atoms with Crippen LogP contribution in [0.1, 0.15) is 61.7 Å². The van der Waals surface area contributed by atoms with E-state index < -0.39 is 5.41 Å². The Hall–Kier alpha value is -4.76. The molecule has 0 saturated carbocycles. The van der Waals surface area contributed by atoms with Gasteiger partial charge in [0.2, 0.25) is 17.7 Å². The van der Waals surface area contributed by atoms with Crippen molar-refractivity contribution in [2.45, 2.75) is 51.6 Å². The number of nitrogens with two attached hydrogens (primary N) is 1. The van der Waals surface area contributed by atoms with E-state index in [1.54, 1.807) is 57.7 Å². The molecule has 0 radical (unpaired) electrons. The maximum atomic E-state index is 13.9. The molecular formula is C34H41N11O3S. The predicted molar refractivity (Wildman–Crippen MR) is 186 cm³/mol. The molecule has 3 N–H and O–H groups in total. The van der Waals surface area contributed by atoms with Gasteiger partial charge in [-0.15, -0.1) is 11.3 Å². The average molecular weight is 684 g/mol. The fourth-order valence-electron chi connectivity index (χ4n) is 7.00. The summed E-state index contributed by atoms with van der Waals surface area (Å²) in [7, 11) is 1.85. The molecule has 0 aromatic carbocycles. The Labute approximate surface area is 288 Å². The Morgan fingerprint density at radius 3 is 2.59 bits per heavy atom. The maximum absolute atomic E-state index is 13.9. The van der Waals surface area contributed by atoms with Crippen molar-refractivity contribution in [1.82, 2.24) is 39.5 Å². The van der Waals surface area contributed by atoms with E-state index in [1.165, 1.54) is 0 Å². The molecule has 256 valence electrons. The van der Waals surface area contributed by atoms with Crippen molar-refractivity contribution in [1.29, 1.82) is 5.41 Å². The number of hydrogen-bond donors (Lipinski definition) is 2. The molecule has 0 bridgehead atoms. The number of carbonyl (C=O) groups excluding carboxylic acids is 2. The molecule has 4 aromatic heterocycles. The van der Waals surface area contributed by atoms with Crippen molar-refractivity contribution in [2.75, 3.05) is 49.9 Å². The van der Waals surface area contributed by atoms with Gasteiger partial charge < -0.3 is 15.4 Å². The van der Waals surface area contributed by atoms with Gasteiger partial charge in [0.05, 0.1) is 39.3 Å². The topological polar surface area (TPSA) is 172 Å². The minimum atomic E-state index is -0.550. The third-order valence-corrected chi connectivity index (χ3v) is 10.8. The molecule has 49 heavy (non-hydrogen) atoms. The van der Waals surface area contributed by atoms with Crippen LogP contribution in [0, 0.1) is 10.8 Å². The lowest BCUT2D eigenvalue weighted by molar-refractivity contribution is -0.134. The average Bonchev–Trinajstić information content (AvgIpc) is 3.90. The molecule has 7 heterocycles. The molecule has 15 heteroatoms. The van der Waals surface area contributed by atoms with E-state index in [9.17, 15) is 9.59 Å². The fraction of sp³-hybridized carbons (Fsp3) is 0.471. The number of likely N-dealkylation sites (tertiary alicyclic amines) is 2. The molecule has 3 aliphatic heterocycles. The zero-order valence-corrected chi connectivity index (χ0v) is 28.8. The number of aromatic nitrogens is 6. The summed E-state index contributed by atoms with van der Waals surface area (Å²) in [4.78, 5) is 52.0. The molecule has 7 rings (SSSR count). The Morgan fingerprint density at radius 2 is 1.88 bits per heavy atom. The van der Waals surface area contributed by atoms with Crippen LogP contribution in [0.4, 0.5) is 11.5 Å². The number of rotatable bonds is 9. The summed E-state index contributed by atoms with van der Waals surface area (Å²) in [5.41, 5.74) is 7.03. The summed E-state index contributed by atoms with van der Waals surface area (Å²) in [6.07, 6.45) is 8.21. The van der Waals surface area contributed by atoms with Crippen LogP contribution in [0.2, 0.25) is 0 Å². The predicted octanol–water partition coefficient (Wildman–Crippen LogP) is 3.35. The lowest BCUT2D eigenvalue weighted by Gasteiger charge is -2.32. The quantitative estimate of drug-likeness (QED) is 0.249. The summed E-state index contributed by atoms with van der Waals surface area (Å²) in [5.74, 6) is 2.08. The second kappa shape index (κ2) is 13.3. The zero-order chi connectivity index (χ0) is 34.3. The van der Waals surface area contributed by atoms with Crippen molar-refractivity contribution < 1.29 is 14.3 Å². The van der Waals surface area contributed by atoms with Gasteiger partial charge in [0.25, 0.3) is 0 Å². The van der Waals surface area contributed by atoms with Crippen molar-refractivity contribution in [3.63, 3.8) is 0 Å². The normalized spacial score (nSPS) is 20.2. The third-order valence-electron chi connectivity index (χ3n) is 9.65. The van der Waals surface area contributed by atoms with Gasteiger partial charge in [0.1, 0.15) is 17.8 Å². The summed E-state index contributed by atoms with van der Waals surface area (Å²) in [5, 5.41) is 14.2. The zero-order valence-electron chi connectivity index (χ0n) is 28.0. The molecule has 3 saturated heterocycles. The molecule has 4 aromatic rings. The monoisotopic (exact) mass is 683 g/mol. The van der Waals surface area contributed by atoms with Crippen LogP contribution in [0.5, 0.6) is 5.88 Å². The summed E-state index contributed by atoms with van der Waals surface area (Å²) in [6.45, 7) is 7.30. The SMILES string of the molecule is CC(C)Oc1ccc(C(=N)c2nc(N3CC[C@]4(CCN(CC(=O)N5CCC(c6ncc(-c7ncn(C)n7)s6)CC5)C4)C3=O)ccc2N)cn1. The van der Waals surface area contributed by atoms with Crippen molar-refractivity contribution in [3.8, 4) is 16.6 Å². The first-order valence-electron chi connectivity index (χ1n) is 16.7. The van der Waals surface area contributed by atoms with Crippen molar-refractivity contribution in [3.05, 3.63) is 59.3 Å². The van der Waals surface area contributed by atoms with Crippen molar-refractivity contribution >= 4 is 40.4 Å². The number of pyridine rings is 2. The molecule has 1 atom stereocenters. The molecule has 3 fully saturated rings. The van der Waals surface area contributed by atoms with E-state index in [0.717, 1.165) is 22.7 Å². The molecule has 0 unspecified atom stereocenters. The summed E-state index contributed by atoms with van der Waals surface area (Å²) in [6, 6.07) is 6.91. The van der Waals surface area contributed by atoms with Crippen LogP contribution in [0.25, 0.3) is 10.7 Å². The van der Waals surface area contributed by atoms with Gasteiger partial charge >= 0.3 is 0 Å². The van der Waals surface area contributed by atoms with Gasteiger partial charge in [0.15, 0.2) is 5.82 Å². The molecule has 2 amide bonds. The smallest absolute Gasteiger partial charge is 0.236 e. The molecule has 1 spiro atoms. The van der Waals surface area contributed by atoms with Crippen LogP contribution in [-0.2, 0) is 16.6 Å². The Morgan fingerprint density at radius 1 is 1.08 bits per heavy atom.